The van der Waals surface area contributed by atoms with Gasteiger partial charge in [-0.1, -0.05) is 19.1 Å². The first-order valence-electron chi connectivity index (χ1n) is 5.60. The first-order chi connectivity index (χ1) is 8.22. The van der Waals surface area contributed by atoms with Crippen LogP contribution >= 0.6 is 11.8 Å². The predicted molar refractivity (Wildman–Crippen MR) is 70.1 cm³/mol. The number of aliphatic hydroxyl groups excluding tert-OH is 1. The molecule has 1 heterocycles. The van der Waals surface area contributed by atoms with E-state index in [0.29, 0.717) is 5.82 Å². The first-order valence-corrected chi connectivity index (χ1v) is 6.59. The maximum atomic E-state index is 10.2. The Morgan fingerprint density at radius 1 is 1.35 bits per heavy atom. The van der Waals surface area contributed by atoms with Crippen LogP contribution in [0.25, 0.3) is 0 Å². The molecule has 0 aliphatic carbocycles. The van der Waals surface area contributed by atoms with Gasteiger partial charge in [0.1, 0.15) is 11.9 Å². The van der Waals surface area contributed by atoms with Crippen molar-refractivity contribution in [3.05, 3.63) is 48.0 Å². The van der Waals surface area contributed by atoms with Crippen molar-refractivity contribution >= 4 is 11.8 Å². The van der Waals surface area contributed by atoms with Gasteiger partial charge in [-0.15, -0.1) is 11.8 Å². The molecule has 2 aromatic rings. The number of hydrogen-bond acceptors (Lipinski definition) is 3. The van der Waals surface area contributed by atoms with E-state index in [1.54, 1.807) is 18.0 Å². The second-order valence-corrected chi connectivity index (χ2v) is 5.14. The van der Waals surface area contributed by atoms with Gasteiger partial charge in [-0.2, -0.15) is 0 Å². The van der Waals surface area contributed by atoms with Crippen LogP contribution in [0.1, 0.15) is 24.4 Å². The van der Waals surface area contributed by atoms with Crippen molar-refractivity contribution in [3.63, 3.8) is 0 Å². The fourth-order valence-corrected chi connectivity index (χ4v) is 2.36. The molecule has 17 heavy (non-hydrogen) atoms. The summed E-state index contributed by atoms with van der Waals surface area (Å²) in [6.07, 6.45) is 2.87. The second kappa shape index (κ2) is 5.38. The molecule has 0 amide bonds. The zero-order valence-electron chi connectivity index (χ0n) is 10.00. The van der Waals surface area contributed by atoms with Gasteiger partial charge >= 0.3 is 0 Å². The van der Waals surface area contributed by atoms with Crippen molar-refractivity contribution in [2.45, 2.75) is 17.9 Å². The van der Waals surface area contributed by atoms with Gasteiger partial charge in [-0.3, -0.25) is 0 Å². The molecule has 1 atom stereocenters. The van der Waals surface area contributed by atoms with E-state index in [1.165, 1.54) is 4.90 Å². The molecule has 0 saturated carbocycles. The lowest BCUT2D eigenvalue weighted by molar-refractivity contribution is 0.206. The van der Waals surface area contributed by atoms with Gasteiger partial charge in [-0.05, 0) is 23.4 Å². The molecule has 1 N–H and O–H groups in total. The number of imidazole rings is 1. The largest absolute Gasteiger partial charge is 0.380 e. The van der Waals surface area contributed by atoms with Crippen LogP contribution in [0.2, 0.25) is 0 Å². The zero-order chi connectivity index (χ0) is 12.3. The van der Waals surface area contributed by atoms with Gasteiger partial charge in [0.25, 0.3) is 0 Å². The first kappa shape index (κ1) is 12.2. The zero-order valence-corrected chi connectivity index (χ0v) is 10.8. The van der Waals surface area contributed by atoms with Crippen molar-refractivity contribution in [2.75, 3.05) is 5.75 Å². The summed E-state index contributed by atoms with van der Waals surface area (Å²) in [7, 11) is 1.88. The van der Waals surface area contributed by atoms with Crippen LogP contribution in [0.15, 0.2) is 41.6 Å². The molecule has 2 rings (SSSR count). The molecule has 0 bridgehead atoms. The standard InChI is InChI=1S/C13H16N2OS/c1-3-17-11-6-4-10(5-7-11)12(16)13-14-8-9-15(13)2/h4-9,12,16H,3H2,1-2H3. The highest BCUT2D eigenvalue weighted by molar-refractivity contribution is 7.99. The number of thioether (sulfide) groups is 1. The maximum Gasteiger partial charge on any atom is 0.142 e. The lowest BCUT2D eigenvalue weighted by Crippen LogP contribution is -2.06. The van der Waals surface area contributed by atoms with Crippen molar-refractivity contribution in [2.24, 2.45) is 7.05 Å². The summed E-state index contributed by atoms with van der Waals surface area (Å²) in [5.41, 5.74) is 0.875. The highest BCUT2D eigenvalue weighted by atomic mass is 32.2. The third kappa shape index (κ3) is 2.70. The smallest absolute Gasteiger partial charge is 0.142 e. The summed E-state index contributed by atoms with van der Waals surface area (Å²) in [4.78, 5) is 5.38. The van der Waals surface area contributed by atoms with Crippen molar-refractivity contribution < 1.29 is 5.11 Å². The molecule has 3 nitrogen and oxygen atoms in total. The van der Waals surface area contributed by atoms with Gasteiger partial charge < -0.3 is 9.67 Å². The molecule has 0 saturated heterocycles. The van der Waals surface area contributed by atoms with Crippen LogP contribution in [0, 0.1) is 0 Å². The Balaban J connectivity index is 2.20. The fraction of sp³-hybridized carbons (Fsp3) is 0.308. The molecule has 1 aromatic carbocycles. The van der Waals surface area contributed by atoms with E-state index < -0.39 is 6.10 Å². The molecular weight excluding hydrogens is 232 g/mol. The third-order valence-electron chi connectivity index (χ3n) is 2.61. The molecule has 1 aromatic heterocycles. The summed E-state index contributed by atoms with van der Waals surface area (Å²) in [6.45, 7) is 2.13. The van der Waals surface area contributed by atoms with Crippen molar-refractivity contribution in [1.29, 1.82) is 0 Å². The Morgan fingerprint density at radius 2 is 2.06 bits per heavy atom. The quantitative estimate of drug-likeness (QED) is 0.845. The lowest BCUT2D eigenvalue weighted by Gasteiger charge is -2.11. The topological polar surface area (TPSA) is 38.1 Å². The monoisotopic (exact) mass is 248 g/mol. The third-order valence-corrected chi connectivity index (χ3v) is 3.50. The highest BCUT2D eigenvalue weighted by Crippen LogP contribution is 2.23. The SMILES string of the molecule is CCSc1ccc(C(O)c2nccn2C)cc1. The van der Waals surface area contributed by atoms with E-state index in [1.807, 2.05) is 42.1 Å². The summed E-state index contributed by atoms with van der Waals surface area (Å²) in [5.74, 6) is 1.72. The normalized spacial score (nSPS) is 12.6. The van der Waals surface area contributed by atoms with Crippen molar-refractivity contribution in [1.82, 2.24) is 9.55 Å². The number of aryl methyl sites for hydroxylation is 1. The Bertz CT molecular complexity index is 478. The number of aromatic nitrogens is 2. The molecule has 90 valence electrons. The second-order valence-electron chi connectivity index (χ2n) is 3.80. The van der Waals surface area contributed by atoms with E-state index >= 15 is 0 Å². The number of rotatable bonds is 4. The van der Waals surface area contributed by atoms with E-state index in [-0.39, 0.29) is 0 Å². The number of nitrogens with zero attached hydrogens (tertiary/aromatic N) is 2. The Hall–Kier alpha value is -1.26. The molecule has 0 aliphatic rings. The maximum absolute atomic E-state index is 10.2. The summed E-state index contributed by atoms with van der Waals surface area (Å²) >= 11 is 1.79. The molecule has 0 aliphatic heterocycles. The van der Waals surface area contributed by atoms with Crippen LogP contribution in [0.5, 0.6) is 0 Å². The van der Waals surface area contributed by atoms with Crippen LogP contribution in [0.4, 0.5) is 0 Å². The summed E-state index contributed by atoms with van der Waals surface area (Å²) in [5, 5.41) is 10.2. The van der Waals surface area contributed by atoms with Gasteiger partial charge in [0, 0.05) is 24.3 Å². The minimum absolute atomic E-state index is 0.657. The van der Waals surface area contributed by atoms with Crippen molar-refractivity contribution in [3.8, 4) is 0 Å². The molecule has 0 radical (unpaired) electrons. The van der Waals surface area contributed by atoms with Gasteiger partial charge in [0.2, 0.25) is 0 Å². The number of hydrogen-bond donors (Lipinski definition) is 1. The van der Waals surface area contributed by atoms with Gasteiger partial charge in [-0.25, -0.2) is 4.98 Å². The summed E-state index contributed by atoms with van der Waals surface area (Å²) in [6, 6.07) is 7.99. The average Bonchev–Trinajstić information content (AvgIpc) is 2.76. The Labute approximate surface area is 106 Å². The molecular formula is C13H16N2OS. The van der Waals surface area contributed by atoms with Gasteiger partial charge in [0.05, 0.1) is 0 Å². The fourth-order valence-electron chi connectivity index (χ4n) is 1.70. The summed E-state index contributed by atoms with van der Waals surface area (Å²) < 4.78 is 1.83. The van der Waals surface area contributed by atoms with Crippen LogP contribution in [-0.4, -0.2) is 20.4 Å². The van der Waals surface area contributed by atoms with Crippen LogP contribution in [-0.2, 0) is 7.05 Å². The molecule has 0 fully saturated rings. The Kier molecular flexibility index (Phi) is 3.86. The highest BCUT2D eigenvalue weighted by Gasteiger charge is 2.14. The number of aliphatic hydroxyl groups is 1. The molecule has 1 unspecified atom stereocenters. The van der Waals surface area contributed by atoms with E-state index in [4.69, 9.17) is 0 Å². The Morgan fingerprint density at radius 3 is 2.59 bits per heavy atom. The van der Waals surface area contributed by atoms with Crippen LogP contribution in [0.3, 0.4) is 0 Å². The average molecular weight is 248 g/mol. The lowest BCUT2D eigenvalue weighted by atomic mass is 10.1. The predicted octanol–water partition coefficient (Wildman–Crippen LogP) is 2.61. The van der Waals surface area contributed by atoms with E-state index in [0.717, 1.165) is 11.3 Å². The van der Waals surface area contributed by atoms with Crippen LogP contribution < -0.4 is 0 Å². The number of benzene rings is 1. The molecule has 4 heteroatoms. The minimum atomic E-state index is -0.657. The van der Waals surface area contributed by atoms with E-state index in [9.17, 15) is 5.11 Å². The molecule has 0 spiro atoms. The van der Waals surface area contributed by atoms with Gasteiger partial charge in [0.15, 0.2) is 0 Å². The van der Waals surface area contributed by atoms with E-state index in [2.05, 4.69) is 11.9 Å². The minimum Gasteiger partial charge on any atom is -0.380 e.